The molecule has 80 heavy (non-hydrogen) atoms. The molecule has 2 aliphatic rings. The summed E-state index contributed by atoms with van der Waals surface area (Å²) >= 11 is 0. The van der Waals surface area contributed by atoms with Crippen LogP contribution in [0.25, 0.3) is 33.3 Å². The number of nitro groups is 4. The number of hydrogen-bond acceptors (Lipinski definition) is 17. The summed E-state index contributed by atoms with van der Waals surface area (Å²) in [5, 5.41) is 60.0. The molecule has 8 aromatic rings. The third kappa shape index (κ3) is 13.8. The molecule has 0 fully saturated rings. The Morgan fingerprint density at radius 1 is 0.588 bits per heavy atom. The largest absolute Gasteiger partial charge is 0.486 e. The maximum absolute atomic E-state index is 11.4. The molecule has 0 saturated carbocycles. The molecule has 402 valence electrons. The van der Waals surface area contributed by atoms with E-state index in [1.807, 2.05) is 84.9 Å². The number of nitrogens with one attached hydrogen (secondary N) is 2. The van der Waals surface area contributed by atoms with E-state index in [1.165, 1.54) is 6.07 Å². The number of carboxylic acid groups (broad SMARTS) is 1. The molecular formula is C58H46N8O14. The molecule has 0 bridgehead atoms. The van der Waals surface area contributed by atoms with Gasteiger partial charge in [0.05, 0.1) is 48.7 Å². The van der Waals surface area contributed by atoms with Gasteiger partial charge in [-0.05, 0) is 53.9 Å². The number of hydrogen-bond donors (Lipinski definition) is 3. The lowest BCUT2D eigenvalue weighted by molar-refractivity contribution is -0.420. The smallest absolute Gasteiger partial charge is 0.346 e. The first kappa shape index (κ1) is 56.5. The van der Waals surface area contributed by atoms with Gasteiger partial charge in [0.2, 0.25) is 22.9 Å². The molecule has 0 amide bonds. The quantitative estimate of drug-likeness (QED) is 0.0372. The highest BCUT2D eigenvalue weighted by atomic mass is 16.6. The predicted molar refractivity (Wildman–Crippen MR) is 296 cm³/mol. The average Bonchev–Trinajstić information content (AvgIpc) is 3.54. The lowest BCUT2D eigenvalue weighted by atomic mass is 10.0. The molecule has 0 saturated heterocycles. The number of aromatic carboxylic acids is 1. The van der Waals surface area contributed by atoms with Crippen molar-refractivity contribution in [3.8, 4) is 0 Å². The van der Waals surface area contributed by atoms with Crippen molar-refractivity contribution in [1.82, 2.24) is 9.97 Å². The third-order valence-corrected chi connectivity index (χ3v) is 11.9. The van der Waals surface area contributed by atoms with Gasteiger partial charge in [0.1, 0.15) is 24.1 Å². The summed E-state index contributed by atoms with van der Waals surface area (Å²) in [6, 6.07) is 48.3. The molecule has 0 atom stereocenters. The summed E-state index contributed by atoms with van der Waals surface area (Å²) in [4.78, 5) is 83.6. The van der Waals surface area contributed by atoms with Gasteiger partial charge in [-0.1, -0.05) is 141 Å². The van der Waals surface area contributed by atoms with Gasteiger partial charge in [-0.3, -0.25) is 40.5 Å². The molecule has 22 nitrogen and oxygen atoms in total. The summed E-state index contributed by atoms with van der Waals surface area (Å²) in [7, 11) is 0. The number of ether oxygens (including phenoxy) is 2. The fraction of sp³-hybridized carbons (Fsp3) is 0.121. The van der Waals surface area contributed by atoms with E-state index in [-0.39, 0.29) is 56.8 Å². The normalized spacial score (nSPS) is 11.9. The Morgan fingerprint density at radius 2 is 1.09 bits per heavy atom. The van der Waals surface area contributed by atoms with Crippen LogP contribution in [0.3, 0.4) is 0 Å². The van der Waals surface area contributed by atoms with Crippen LogP contribution < -0.4 is 10.6 Å². The number of rotatable bonds is 15. The number of nitrogens with zero attached hydrogens (tertiary/aromatic N) is 6. The molecule has 2 aromatic heterocycles. The highest BCUT2D eigenvalue weighted by molar-refractivity contribution is 6.06. The van der Waals surface area contributed by atoms with Crippen molar-refractivity contribution in [2.75, 3.05) is 17.2 Å². The predicted octanol–water partition coefficient (Wildman–Crippen LogP) is 11.5. The maximum atomic E-state index is 11.4. The van der Waals surface area contributed by atoms with E-state index in [2.05, 4.69) is 27.5 Å². The Morgan fingerprint density at radius 3 is 1.62 bits per heavy atom. The van der Waals surface area contributed by atoms with Crippen LogP contribution in [0, 0.1) is 40.5 Å². The fourth-order valence-electron chi connectivity index (χ4n) is 8.21. The first-order valence-corrected chi connectivity index (χ1v) is 24.4. The first-order chi connectivity index (χ1) is 38.7. The van der Waals surface area contributed by atoms with Crippen LogP contribution >= 0.6 is 0 Å². The first-order valence-electron chi connectivity index (χ1n) is 24.4. The summed E-state index contributed by atoms with van der Waals surface area (Å²) in [5.74, 6) is 2.03. The number of carbonyl (C=O) groups excluding carboxylic acids is 2. The topological polar surface area (TPSA) is 312 Å². The number of para-hydroxylation sites is 4. The number of aromatic nitrogens is 2. The van der Waals surface area contributed by atoms with Crippen LogP contribution in [-0.2, 0) is 32.1 Å². The number of carbonyl (C=O) groups is 1. The van der Waals surface area contributed by atoms with Crippen LogP contribution in [0.15, 0.2) is 193 Å². The molecule has 2 aliphatic heterocycles. The minimum atomic E-state index is -1.33. The third-order valence-electron chi connectivity index (χ3n) is 11.9. The Hall–Kier alpha value is -11.2. The zero-order chi connectivity index (χ0) is 57.1. The van der Waals surface area contributed by atoms with Crippen molar-refractivity contribution in [3.63, 3.8) is 0 Å². The van der Waals surface area contributed by atoms with Crippen LogP contribution in [-0.4, -0.2) is 59.2 Å². The molecule has 22 heteroatoms. The van der Waals surface area contributed by atoms with Crippen molar-refractivity contribution < 1.29 is 48.7 Å². The summed E-state index contributed by atoms with van der Waals surface area (Å²) in [5.41, 5.74) is 3.92. The Labute approximate surface area is 454 Å². The van der Waals surface area contributed by atoms with E-state index in [4.69, 9.17) is 14.6 Å². The molecule has 10 rings (SSSR count). The van der Waals surface area contributed by atoms with Crippen LogP contribution in [0.4, 0.5) is 22.7 Å². The van der Waals surface area contributed by atoms with E-state index in [0.717, 1.165) is 47.5 Å². The highest BCUT2D eigenvalue weighted by Gasteiger charge is 2.35. The molecule has 0 radical (unpaired) electrons. The molecule has 6 aromatic carbocycles. The number of carboxylic acids is 1. The summed E-state index contributed by atoms with van der Waals surface area (Å²) in [6.45, 7) is 2.60. The Kier molecular flexibility index (Phi) is 19.1. The number of anilines is 2. The number of pyridine rings is 2. The van der Waals surface area contributed by atoms with Gasteiger partial charge in [0.15, 0.2) is 11.9 Å². The van der Waals surface area contributed by atoms with Crippen LogP contribution in [0.2, 0.25) is 0 Å². The number of unbranched alkanes of at least 4 members (excludes halogenated alkanes) is 2. The van der Waals surface area contributed by atoms with E-state index < -0.39 is 32.1 Å². The van der Waals surface area contributed by atoms with Gasteiger partial charge < -0.3 is 25.2 Å². The Balaban J connectivity index is 0.000000155. The zero-order valence-corrected chi connectivity index (χ0v) is 42.3. The second-order valence-electron chi connectivity index (χ2n) is 17.2. The van der Waals surface area contributed by atoms with Crippen molar-refractivity contribution in [2.45, 2.75) is 39.2 Å². The average molecular weight is 1080 g/mol. The van der Waals surface area contributed by atoms with Gasteiger partial charge in [0.25, 0.3) is 5.69 Å². The second-order valence-corrected chi connectivity index (χ2v) is 17.2. The monoisotopic (exact) mass is 1080 g/mol. The van der Waals surface area contributed by atoms with Crippen LogP contribution in [0.5, 0.6) is 0 Å². The number of benzene rings is 6. The van der Waals surface area contributed by atoms with Gasteiger partial charge in [-0.15, -0.1) is 0 Å². The zero-order valence-electron chi connectivity index (χ0n) is 42.3. The van der Waals surface area contributed by atoms with Crippen molar-refractivity contribution in [2.24, 2.45) is 0 Å². The summed E-state index contributed by atoms with van der Waals surface area (Å²) < 4.78 is 11.3. The van der Waals surface area contributed by atoms with Crippen LogP contribution in [0.1, 0.15) is 64.5 Å². The van der Waals surface area contributed by atoms with E-state index in [0.29, 0.717) is 46.7 Å². The molecule has 0 unspecified atom stereocenters. The molecule has 4 heterocycles. The standard InChI is InChI=1S/C17H12N2O4.C16H12N2O2.C15H16N2O4.C10H6N2O4/c20-10-15-16(19(21)22)17(13-8-4-5-9-14(13)18-15)23-11-12-6-2-1-3-7-12;19-18(20)16-11-13-8-4-5-9-14(13)17-15(16)10-12-6-2-1-3-7-12;1-2-3-6-9-21-15-11-7-4-5-8-12(11)16-13(10-18)14(15)17(19)20;13-10(14)9-6-3-1-2-4-7(6)11-5-8(9)12(15)16/h1-9,18H,11H2;1-9,11H,10H2;4-5,7-8,16H,2-3,6,9H2,1H3;1-5H,(H,13,14). The SMILES string of the molecule is CCCCCOC1=C([N+](=O)[O-])C(=C=O)Nc2ccccc21.O=C(O)c1c([N+](=O)[O-])cnc2ccccc12.O=C=C1Nc2ccccc2C(OCc2ccccc2)=C1[N+](=O)[O-].O=[N+]([O-])c1cc2ccccc2nc1Cc1ccccc1. The fourth-order valence-corrected chi connectivity index (χ4v) is 8.21. The van der Waals surface area contributed by atoms with Gasteiger partial charge in [-0.2, -0.15) is 0 Å². The Bertz CT molecular complexity index is 3820. The van der Waals surface area contributed by atoms with Gasteiger partial charge in [-0.25, -0.2) is 24.4 Å². The minimum Gasteiger partial charge on any atom is -0.486 e. The highest BCUT2D eigenvalue weighted by Crippen LogP contribution is 2.38. The van der Waals surface area contributed by atoms with Crippen molar-refractivity contribution in [3.05, 3.63) is 267 Å². The number of fused-ring (bicyclic) bond motifs is 4. The summed E-state index contributed by atoms with van der Waals surface area (Å²) in [6.07, 6.45) is 4.24. The van der Waals surface area contributed by atoms with Crippen molar-refractivity contribution in [1.29, 1.82) is 0 Å². The van der Waals surface area contributed by atoms with E-state index >= 15 is 0 Å². The van der Waals surface area contributed by atoms with Crippen molar-refractivity contribution >= 4 is 73.9 Å². The van der Waals surface area contributed by atoms with E-state index in [1.54, 1.807) is 84.7 Å². The molecule has 3 N–H and O–H groups in total. The lowest BCUT2D eigenvalue weighted by Crippen LogP contribution is -2.19. The molecule has 0 spiro atoms. The van der Waals surface area contributed by atoms with Gasteiger partial charge in [0, 0.05) is 34.4 Å². The lowest BCUT2D eigenvalue weighted by Gasteiger charge is -2.20. The molecule has 0 aliphatic carbocycles. The molecular weight excluding hydrogens is 1030 g/mol. The second kappa shape index (κ2) is 27.0. The minimum absolute atomic E-state index is 0.0616. The van der Waals surface area contributed by atoms with E-state index in [9.17, 15) is 54.8 Å². The maximum Gasteiger partial charge on any atom is 0.346 e. The van der Waals surface area contributed by atoms with Gasteiger partial charge >= 0.3 is 23.1 Å².